The summed E-state index contributed by atoms with van der Waals surface area (Å²) in [5, 5.41) is 2.93. The highest BCUT2D eigenvalue weighted by atomic mass is 16.5. The molecule has 0 aromatic heterocycles. The van der Waals surface area contributed by atoms with Crippen molar-refractivity contribution >= 4 is 23.4 Å². The molecule has 2 amide bonds. The molecule has 1 aliphatic heterocycles. The van der Waals surface area contributed by atoms with Gasteiger partial charge in [0.1, 0.15) is 0 Å². The number of nitrogens with zero attached hydrogens (tertiary/aromatic N) is 2. The van der Waals surface area contributed by atoms with Gasteiger partial charge in [0.15, 0.2) is 0 Å². The Kier molecular flexibility index (Phi) is 5.11. The molecule has 2 aromatic carbocycles. The molecule has 0 unspecified atom stereocenters. The van der Waals surface area contributed by atoms with Crippen molar-refractivity contribution in [2.45, 2.75) is 13.0 Å². The predicted octanol–water partition coefficient (Wildman–Crippen LogP) is 3.13. The second-order valence-corrected chi connectivity index (χ2v) is 6.52. The first kappa shape index (κ1) is 17.8. The molecule has 1 aliphatic rings. The average Bonchev–Trinajstić information content (AvgIpc) is 2.66. The molecule has 6 nitrogen and oxygen atoms in total. The molecule has 136 valence electrons. The van der Waals surface area contributed by atoms with E-state index in [0.29, 0.717) is 18.7 Å². The number of carbonyl (C=O) groups excluding carboxylic acids is 2. The molecule has 1 N–H and O–H groups in total. The van der Waals surface area contributed by atoms with Crippen LogP contribution in [0.25, 0.3) is 0 Å². The lowest BCUT2D eigenvalue weighted by molar-refractivity contribution is 0.102. The summed E-state index contributed by atoms with van der Waals surface area (Å²) >= 11 is 0. The van der Waals surface area contributed by atoms with Crippen LogP contribution < -0.4 is 10.2 Å². The smallest absolute Gasteiger partial charge is 0.409 e. The zero-order valence-electron chi connectivity index (χ0n) is 15.3. The van der Waals surface area contributed by atoms with Gasteiger partial charge < -0.3 is 19.9 Å². The highest BCUT2D eigenvalue weighted by Crippen LogP contribution is 2.23. The fourth-order valence-electron chi connectivity index (χ4n) is 3.03. The summed E-state index contributed by atoms with van der Waals surface area (Å²) in [6, 6.07) is 13.3. The molecule has 0 saturated heterocycles. The number of hydrogen-bond acceptors (Lipinski definition) is 4. The molecule has 6 heteroatoms. The van der Waals surface area contributed by atoms with Crippen molar-refractivity contribution in [2.75, 3.05) is 38.0 Å². The molecular formula is C20H23N3O3. The first-order valence-electron chi connectivity index (χ1n) is 8.51. The van der Waals surface area contributed by atoms with E-state index in [9.17, 15) is 9.59 Å². The Morgan fingerprint density at radius 2 is 1.81 bits per heavy atom. The summed E-state index contributed by atoms with van der Waals surface area (Å²) in [6.07, 6.45) is 0.455. The van der Waals surface area contributed by atoms with Crippen molar-refractivity contribution in [3.05, 3.63) is 59.2 Å². The standard InChI is InChI=1S/C20H23N3O3/c1-22(2)18-8-5-15(6-9-18)19(24)21-17-7-4-14-10-11-23(20(25)26-3)13-16(14)12-17/h4-9,12H,10-11,13H2,1-3H3,(H,21,24). The first-order chi connectivity index (χ1) is 12.5. The van der Waals surface area contributed by atoms with Crippen molar-refractivity contribution < 1.29 is 14.3 Å². The van der Waals surface area contributed by atoms with Crippen molar-refractivity contribution in [2.24, 2.45) is 0 Å². The number of benzene rings is 2. The van der Waals surface area contributed by atoms with Crippen molar-refractivity contribution in [1.82, 2.24) is 4.90 Å². The van der Waals surface area contributed by atoms with E-state index in [1.165, 1.54) is 12.7 Å². The topological polar surface area (TPSA) is 61.9 Å². The minimum absolute atomic E-state index is 0.157. The van der Waals surface area contributed by atoms with Crippen LogP contribution >= 0.6 is 0 Å². The second kappa shape index (κ2) is 7.47. The lowest BCUT2D eigenvalue weighted by Crippen LogP contribution is -2.35. The van der Waals surface area contributed by atoms with Gasteiger partial charge in [0, 0.05) is 44.1 Å². The van der Waals surface area contributed by atoms with E-state index in [4.69, 9.17) is 4.74 Å². The average molecular weight is 353 g/mol. The van der Waals surface area contributed by atoms with Gasteiger partial charge in [-0.1, -0.05) is 6.07 Å². The van der Waals surface area contributed by atoms with Gasteiger partial charge in [0.2, 0.25) is 0 Å². The predicted molar refractivity (Wildman–Crippen MR) is 102 cm³/mol. The Hall–Kier alpha value is -3.02. The highest BCUT2D eigenvalue weighted by molar-refractivity contribution is 6.04. The van der Waals surface area contributed by atoms with Gasteiger partial charge >= 0.3 is 6.09 Å². The number of carbonyl (C=O) groups is 2. The Morgan fingerprint density at radius 1 is 1.08 bits per heavy atom. The molecule has 0 spiro atoms. The number of nitrogens with one attached hydrogen (secondary N) is 1. The maximum Gasteiger partial charge on any atom is 0.409 e. The highest BCUT2D eigenvalue weighted by Gasteiger charge is 2.21. The van der Waals surface area contributed by atoms with E-state index in [2.05, 4.69) is 5.32 Å². The molecular weight excluding hydrogens is 330 g/mol. The lowest BCUT2D eigenvalue weighted by Gasteiger charge is -2.28. The number of ether oxygens (including phenoxy) is 1. The number of amides is 2. The normalized spacial score (nSPS) is 13.0. The quantitative estimate of drug-likeness (QED) is 0.921. The van der Waals surface area contributed by atoms with Crippen LogP contribution in [0.1, 0.15) is 21.5 Å². The Morgan fingerprint density at radius 3 is 2.46 bits per heavy atom. The van der Waals surface area contributed by atoms with E-state index in [1.807, 2.05) is 61.5 Å². The maximum absolute atomic E-state index is 12.5. The molecule has 0 aliphatic carbocycles. The minimum atomic E-state index is -0.328. The summed E-state index contributed by atoms with van der Waals surface area (Å²) in [5.74, 6) is -0.157. The summed E-state index contributed by atoms with van der Waals surface area (Å²) in [5.41, 5.74) is 4.58. The van der Waals surface area contributed by atoms with Crippen molar-refractivity contribution in [3.63, 3.8) is 0 Å². The Balaban J connectivity index is 1.72. The van der Waals surface area contributed by atoms with Crippen LogP contribution in [0.4, 0.5) is 16.2 Å². The molecule has 0 fully saturated rings. The summed E-state index contributed by atoms with van der Waals surface area (Å²) in [7, 11) is 5.30. The summed E-state index contributed by atoms with van der Waals surface area (Å²) in [6.45, 7) is 1.13. The van der Waals surface area contributed by atoms with Gasteiger partial charge in [-0.05, 0) is 53.9 Å². The third kappa shape index (κ3) is 3.79. The van der Waals surface area contributed by atoms with Crippen LogP contribution in [0.3, 0.4) is 0 Å². The number of fused-ring (bicyclic) bond motifs is 1. The Bertz CT molecular complexity index is 816. The third-order valence-electron chi connectivity index (χ3n) is 4.56. The molecule has 3 rings (SSSR count). The van der Waals surface area contributed by atoms with E-state index in [-0.39, 0.29) is 12.0 Å². The third-order valence-corrected chi connectivity index (χ3v) is 4.56. The van der Waals surface area contributed by atoms with Crippen LogP contribution in [0, 0.1) is 0 Å². The van der Waals surface area contributed by atoms with Crippen molar-refractivity contribution in [3.8, 4) is 0 Å². The van der Waals surface area contributed by atoms with Crippen LogP contribution in [0.2, 0.25) is 0 Å². The SMILES string of the molecule is COC(=O)N1CCc2ccc(NC(=O)c3ccc(N(C)C)cc3)cc2C1. The zero-order chi connectivity index (χ0) is 18.7. The lowest BCUT2D eigenvalue weighted by atomic mass is 9.99. The Labute approximate surface area is 153 Å². The molecule has 0 saturated carbocycles. The number of rotatable bonds is 3. The maximum atomic E-state index is 12.5. The summed E-state index contributed by atoms with van der Waals surface area (Å²) in [4.78, 5) is 27.8. The van der Waals surface area contributed by atoms with E-state index in [0.717, 1.165) is 23.4 Å². The van der Waals surface area contributed by atoms with Gasteiger partial charge in [-0.2, -0.15) is 0 Å². The monoisotopic (exact) mass is 353 g/mol. The second-order valence-electron chi connectivity index (χ2n) is 6.52. The van der Waals surface area contributed by atoms with Gasteiger partial charge in [0.25, 0.3) is 5.91 Å². The van der Waals surface area contributed by atoms with Gasteiger partial charge in [-0.15, -0.1) is 0 Å². The zero-order valence-corrected chi connectivity index (χ0v) is 15.3. The molecule has 2 aromatic rings. The van der Waals surface area contributed by atoms with Crippen LogP contribution in [0.5, 0.6) is 0 Å². The molecule has 0 bridgehead atoms. The molecule has 1 heterocycles. The van der Waals surface area contributed by atoms with Crippen LogP contribution in [0.15, 0.2) is 42.5 Å². The van der Waals surface area contributed by atoms with Gasteiger partial charge in [0.05, 0.1) is 7.11 Å². The van der Waals surface area contributed by atoms with Gasteiger partial charge in [-0.25, -0.2) is 4.79 Å². The molecule has 0 radical (unpaired) electrons. The van der Waals surface area contributed by atoms with Gasteiger partial charge in [-0.3, -0.25) is 4.79 Å². The molecule has 26 heavy (non-hydrogen) atoms. The molecule has 0 atom stereocenters. The fraction of sp³-hybridized carbons (Fsp3) is 0.300. The summed E-state index contributed by atoms with van der Waals surface area (Å²) < 4.78 is 4.80. The van der Waals surface area contributed by atoms with E-state index < -0.39 is 0 Å². The minimum Gasteiger partial charge on any atom is -0.453 e. The number of hydrogen-bond donors (Lipinski definition) is 1. The van der Waals surface area contributed by atoms with E-state index in [1.54, 1.807) is 4.90 Å². The largest absolute Gasteiger partial charge is 0.453 e. The fourth-order valence-corrected chi connectivity index (χ4v) is 3.03. The van der Waals surface area contributed by atoms with Crippen molar-refractivity contribution in [1.29, 1.82) is 0 Å². The number of methoxy groups -OCH3 is 1. The van der Waals surface area contributed by atoms with Crippen LogP contribution in [-0.4, -0.2) is 44.7 Å². The van der Waals surface area contributed by atoms with Crippen LogP contribution in [-0.2, 0) is 17.7 Å². The van der Waals surface area contributed by atoms with E-state index >= 15 is 0 Å². The number of anilines is 2. The first-order valence-corrected chi connectivity index (χ1v) is 8.51.